The van der Waals surface area contributed by atoms with Crippen LogP contribution in [0.1, 0.15) is 11.1 Å². The highest BCUT2D eigenvalue weighted by Crippen LogP contribution is 2.32. The molecule has 1 aliphatic rings. The van der Waals surface area contributed by atoms with Gasteiger partial charge in [-0.15, -0.1) is 0 Å². The van der Waals surface area contributed by atoms with Crippen molar-refractivity contribution in [3.63, 3.8) is 0 Å². The lowest BCUT2D eigenvalue weighted by molar-refractivity contribution is 0.172. The first-order valence-corrected chi connectivity index (χ1v) is 8.42. The van der Waals surface area contributed by atoms with E-state index >= 15 is 0 Å². The van der Waals surface area contributed by atoms with E-state index in [1.54, 1.807) is 0 Å². The molecule has 1 aromatic rings. The van der Waals surface area contributed by atoms with Gasteiger partial charge in [0.25, 0.3) is 0 Å². The van der Waals surface area contributed by atoms with Crippen LogP contribution in [-0.4, -0.2) is 26.9 Å². The summed E-state index contributed by atoms with van der Waals surface area (Å²) in [6, 6.07) is 3.81. The second kappa shape index (κ2) is 4.27. The van der Waals surface area contributed by atoms with Crippen LogP contribution in [0.25, 0.3) is 5.70 Å². The third-order valence-corrected chi connectivity index (χ3v) is 5.19. The van der Waals surface area contributed by atoms with Crippen LogP contribution in [0, 0.1) is 0 Å². The van der Waals surface area contributed by atoms with E-state index < -0.39 is 31.4 Å². The van der Waals surface area contributed by atoms with Gasteiger partial charge >= 0.3 is 0 Å². The molecule has 0 saturated carbocycles. The molecule has 7 N–H and O–H groups in total. The zero-order valence-electron chi connectivity index (χ0n) is 10.1. The van der Waals surface area contributed by atoms with Crippen molar-refractivity contribution < 1.29 is 21.9 Å². The average molecular weight is 319 g/mol. The Balaban J connectivity index is 2.66. The molecule has 0 bridgehead atoms. The van der Waals surface area contributed by atoms with Crippen LogP contribution in [0.4, 0.5) is 0 Å². The lowest BCUT2D eigenvalue weighted by atomic mass is 9.93. The van der Waals surface area contributed by atoms with Gasteiger partial charge in [-0.3, -0.25) is 0 Å². The van der Waals surface area contributed by atoms with E-state index in [0.29, 0.717) is 5.56 Å². The SMILES string of the molecule is NC1=CC(O)(S(N)(=O)=O)Cc2cc(S(N)(=O)=O)ccc21. The van der Waals surface area contributed by atoms with Crippen molar-refractivity contribution in [2.75, 3.05) is 0 Å². The Hall–Kier alpha value is -1.46. The second-order valence-corrected chi connectivity index (χ2v) is 7.89. The van der Waals surface area contributed by atoms with Gasteiger partial charge < -0.3 is 10.8 Å². The van der Waals surface area contributed by atoms with Crippen molar-refractivity contribution in [3.05, 3.63) is 35.4 Å². The number of aliphatic hydroxyl groups is 1. The van der Waals surface area contributed by atoms with Crippen molar-refractivity contribution in [3.8, 4) is 0 Å². The molecule has 0 radical (unpaired) electrons. The van der Waals surface area contributed by atoms with Gasteiger partial charge in [-0.1, -0.05) is 6.07 Å². The average Bonchev–Trinajstić information content (AvgIpc) is 2.25. The number of fused-ring (bicyclic) bond motifs is 1. The number of sulfonamides is 2. The summed E-state index contributed by atoms with van der Waals surface area (Å²) in [6.07, 6.45) is 0.520. The molecule has 0 aliphatic heterocycles. The fourth-order valence-electron chi connectivity index (χ4n) is 2.00. The Kier molecular flexibility index (Phi) is 3.19. The summed E-state index contributed by atoms with van der Waals surface area (Å²) in [7, 11) is -8.28. The molecule has 1 aromatic carbocycles. The molecule has 0 spiro atoms. The van der Waals surface area contributed by atoms with Crippen LogP contribution in [-0.2, 0) is 26.5 Å². The highest BCUT2D eigenvalue weighted by molar-refractivity contribution is 7.90. The topological polar surface area (TPSA) is 167 Å². The van der Waals surface area contributed by atoms with E-state index in [-0.39, 0.29) is 16.2 Å². The molecule has 0 saturated heterocycles. The van der Waals surface area contributed by atoms with Gasteiger partial charge in [0, 0.05) is 17.7 Å². The molecule has 110 valence electrons. The van der Waals surface area contributed by atoms with Gasteiger partial charge in [0.15, 0.2) is 0 Å². The largest absolute Gasteiger partial charge is 0.398 e. The van der Waals surface area contributed by atoms with E-state index in [1.165, 1.54) is 18.2 Å². The van der Waals surface area contributed by atoms with E-state index in [2.05, 4.69) is 0 Å². The minimum atomic E-state index is -4.33. The van der Waals surface area contributed by atoms with E-state index in [4.69, 9.17) is 16.0 Å². The Morgan fingerprint density at radius 1 is 1.15 bits per heavy atom. The number of hydrogen-bond donors (Lipinski definition) is 4. The zero-order valence-corrected chi connectivity index (χ0v) is 11.8. The molecular formula is C10H13N3O5S2. The van der Waals surface area contributed by atoms with Gasteiger partial charge in [-0.2, -0.15) is 0 Å². The summed E-state index contributed by atoms with van der Waals surface area (Å²) in [5.74, 6) is 0. The first-order chi connectivity index (χ1) is 8.94. The summed E-state index contributed by atoms with van der Waals surface area (Å²) in [5, 5.41) is 20.0. The fraction of sp³-hybridized carbons (Fsp3) is 0.200. The number of primary sulfonamides is 2. The summed E-state index contributed by atoms with van der Waals surface area (Å²) < 4.78 is 45.4. The minimum Gasteiger partial charge on any atom is -0.398 e. The van der Waals surface area contributed by atoms with E-state index in [0.717, 1.165) is 6.08 Å². The number of rotatable bonds is 2. The fourth-order valence-corrected chi connectivity index (χ4v) is 3.21. The lowest BCUT2D eigenvalue weighted by Crippen LogP contribution is -2.45. The Morgan fingerprint density at radius 2 is 1.75 bits per heavy atom. The first kappa shape index (κ1) is 14.9. The maximum atomic E-state index is 11.4. The van der Waals surface area contributed by atoms with Crippen LogP contribution in [0.3, 0.4) is 0 Å². The van der Waals surface area contributed by atoms with E-state index in [1.807, 2.05) is 0 Å². The second-order valence-electron chi connectivity index (χ2n) is 4.53. The van der Waals surface area contributed by atoms with Crippen molar-refractivity contribution in [1.29, 1.82) is 0 Å². The molecule has 0 fully saturated rings. The predicted molar refractivity (Wildman–Crippen MR) is 71.7 cm³/mol. The standard InChI is InChI=1S/C10H13N3O5S2/c11-9-5-10(14,20(13,17)18)4-6-3-7(19(12,15)16)1-2-8(6)9/h1-3,5,14H,4,11H2,(H2,12,15,16)(H2,13,17,18). The zero-order chi connectivity index (χ0) is 15.3. The predicted octanol–water partition coefficient (Wildman–Crippen LogP) is -1.83. The maximum absolute atomic E-state index is 11.4. The van der Waals surface area contributed by atoms with Crippen molar-refractivity contribution in [1.82, 2.24) is 0 Å². The molecule has 1 unspecified atom stereocenters. The van der Waals surface area contributed by atoms with Crippen molar-refractivity contribution in [2.24, 2.45) is 16.0 Å². The van der Waals surface area contributed by atoms with Gasteiger partial charge in [0.1, 0.15) is 0 Å². The molecule has 10 heteroatoms. The molecule has 1 aliphatic carbocycles. The smallest absolute Gasteiger partial charge is 0.243 e. The Labute approximate surface area is 116 Å². The molecular weight excluding hydrogens is 306 g/mol. The lowest BCUT2D eigenvalue weighted by Gasteiger charge is -2.28. The van der Waals surface area contributed by atoms with Crippen LogP contribution < -0.4 is 16.0 Å². The highest BCUT2D eigenvalue weighted by Gasteiger charge is 2.41. The van der Waals surface area contributed by atoms with Gasteiger partial charge in [-0.05, 0) is 23.8 Å². The van der Waals surface area contributed by atoms with Crippen LogP contribution in [0.5, 0.6) is 0 Å². The van der Waals surface area contributed by atoms with Crippen LogP contribution in [0.15, 0.2) is 29.2 Å². The molecule has 1 atom stereocenters. The summed E-state index contributed by atoms with van der Waals surface area (Å²) in [6.45, 7) is 0. The molecule has 20 heavy (non-hydrogen) atoms. The van der Waals surface area contributed by atoms with Crippen molar-refractivity contribution in [2.45, 2.75) is 16.2 Å². The Bertz CT molecular complexity index is 813. The molecule has 0 amide bonds. The van der Waals surface area contributed by atoms with Gasteiger partial charge in [0.2, 0.25) is 25.0 Å². The molecule has 0 heterocycles. The van der Waals surface area contributed by atoms with Gasteiger partial charge in [0.05, 0.1) is 4.90 Å². The number of hydrogen-bond acceptors (Lipinski definition) is 6. The summed E-state index contributed by atoms with van der Waals surface area (Å²) >= 11 is 0. The first-order valence-electron chi connectivity index (χ1n) is 5.33. The normalized spacial score (nSPS) is 23.1. The van der Waals surface area contributed by atoms with E-state index in [9.17, 15) is 21.9 Å². The summed E-state index contributed by atoms with van der Waals surface area (Å²) in [4.78, 5) is -2.58. The third kappa shape index (κ3) is 2.43. The molecule has 8 nitrogen and oxygen atoms in total. The van der Waals surface area contributed by atoms with Crippen LogP contribution >= 0.6 is 0 Å². The number of nitrogens with two attached hydrogens (primary N) is 3. The number of benzene rings is 1. The monoisotopic (exact) mass is 319 g/mol. The summed E-state index contributed by atoms with van der Waals surface area (Å²) in [5.41, 5.74) is 6.32. The molecule has 2 rings (SSSR count). The van der Waals surface area contributed by atoms with Crippen LogP contribution in [0.2, 0.25) is 0 Å². The van der Waals surface area contributed by atoms with Crippen molar-refractivity contribution >= 4 is 25.7 Å². The minimum absolute atomic E-state index is 0.0104. The third-order valence-electron chi connectivity index (χ3n) is 3.03. The maximum Gasteiger partial charge on any atom is 0.243 e. The quantitative estimate of drug-likeness (QED) is 0.500. The highest BCUT2D eigenvalue weighted by atomic mass is 32.2. The van der Waals surface area contributed by atoms with Gasteiger partial charge in [-0.25, -0.2) is 27.1 Å². The molecule has 0 aromatic heterocycles. The Morgan fingerprint density at radius 3 is 2.25 bits per heavy atom.